The summed E-state index contributed by atoms with van der Waals surface area (Å²) >= 11 is 7.63. The summed E-state index contributed by atoms with van der Waals surface area (Å²) < 4.78 is 0.956. The zero-order chi connectivity index (χ0) is 21.9. The average Bonchev–Trinajstić information content (AvgIpc) is 3.26. The molecule has 1 amide bonds. The highest BCUT2D eigenvalue weighted by molar-refractivity contribution is 7.22. The highest BCUT2D eigenvalue weighted by Gasteiger charge is 2.22. The molecule has 0 bridgehead atoms. The topological polar surface area (TPSA) is 33.2 Å². The molecule has 0 aliphatic rings. The zero-order valence-electron chi connectivity index (χ0n) is 17.1. The molecule has 4 aromatic carbocycles. The van der Waals surface area contributed by atoms with Crippen molar-refractivity contribution < 1.29 is 4.79 Å². The van der Waals surface area contributed by atoms with Crippen LogP contribution >= 0.6 is 22.9 Å². The smallest absolute Gasteiger partial charge is 0.260 e. The van der Waals surface area contributed by atoms with Crippen LogP contribution in [-0.2, 0) is 6.54 Å². The molecular weight excluding hydrogens is 436 g/mol. The molecule has 0 unspecified atom stereocenters. The summed E-state index contributed by atoms with van der Waals surface area (Å²) in [6, 6.07) is 33.4. The van der Waals surface area contributed by atoms with Gasteiger partial charge >= 0.3 is 0 Å². The molecule has 5 aromatic rings. The number of carbonyl (C=O) groups excluding carboxylic acids is 1. The molecule has 156 valence electrons. The first kappa shape index (κ1) is 20.4. The summed E-state index contributed by atoms with van der Waals surface area (Å²) in [4.78, 5) is 20.1. The number of fused-ring (bicyclic) bond motifs is 1. The van der Waals surface area contributed by atoms with E-state index in [9.17, 15) is 4.79 Å². The number of thiazole rings is 1. The van der Waals surface area contributed by atoms with Crippen LogP contribution in [-0.4, -0.2) is 10.9 Å². The molecule has 0 saturated carbocycles. The van der Waals surface area contributed by atoms with Gasteiger partial charge in [-0.3, -0.25) is 9.69 Å². The highest BCUT2D eigenvalue weighted by atomic mass is 35.5. The molecule has 0 atom stereocenters. The number of amides is 1. The lowest BCUT2D eigenvalue weighted by Crippen LogP contribution is -2.30. The summed E-state index contributed by atoms with van der Waals surface area (Å²) in [5.74, 6) is -0.0846. The van der Waals surface area contributed by atoms with Gasteiger partial charge in [0.2, 0.25) is 0 Å². The van der Waals surface area contributed by atoms with Crippen molar-refractivity contribution >= 4 is 44.2 Å². The fourth-order valence-electron chi connectivity index (χ4n) is 3.59. The van der Waals surface area contributed by atoms with Crippen LogP contribution in [0.3, 0.4) is 0 Å². The fraction of sp³-hybridized carbons (Fsp3) is 0.0370. The number of hydrogen-bond acceptors (Lipinski definition) is 3. The first-order chi connectivity index (χ1) is 15.7. The molecule has 32 heavy (non-hydrogen) atoms. The Hall–Kier alpha value is -3.47. The minimum atomic E-state index is -0.0846. The van der Waals surface area contributed by atoms with Crippen molar-refractivity contribution in [2.75, 3.05) is 4.90 Å². The second-order valence-electron chi connectivity index (χ2n) is 7.43. The monoisotopic (exact) mass is 454 g/mol. The first-order valence-corrected chi connectivity index (χ1v) is 11.4. The Bertz CT molecular complexity index is 1370. The lowest BCUT2D eigenvalue weighted by molar-refractivity contribution is 0.0985. The van der Waals surface area contributed by atoms with Gasteiger partial charge < -0.3 is 0 Å². The number of hydrogen-bond donors (Lipinski definition) is 0. The maximum atomic E-state index is 13.6. The predicted octanol–water partition coefficient (Wildman–Crippen LogP) is 7.46. The molecule has 0 fully saturated rings. The maximum absolute atomic E-state index is 13.6. The number of anilines is 1. The third-order valence-corrected chi connectivity index (χ3v) is 6.51. The number of carbonyl (C=O) groups is 1. The van der Waals surface area contributed by atoms with E-state index in [0.29, 0.717) is 22.3 Å². The van der Waals surface area contributed by atoms with E-state index in [1.807, 2.05) is 91.0 Å². The molecule has 0 N–H and O–H groups in total. The van der Waals surface area contributed by atoms with Crippen molar-refractivity contribution in [3.05, 3.63) is 119 Å². The van der Waals surface area contributed by atoms with Crippen LogP contribution in [0.2, 0.25) is 5.02 Å². The Kier molecular flexibility index (Phi) is 5.71. The third-order valence-electron chi connectivity index (χ3n) is 5.24. The van der Waals surface area contributed by atoms with Crippen LogP contribution in [0, 0.1) is 0 Å². The normalized spacial score (nSPS) is 10.9. The lowest BCUT2D eigenvalue weighted by atomic mass is 10.0. The van der Waals surface area contributed by atoms with Crippen molar-refractivity contribution in [3.8, 4) is 11.1 Å². The van der Waals surface area contributed by atoms with Gasteiger partial charge in [0.15, 0.2) is 5.13 Å². The van der Waals surface area contributed by atoms with Gasteiger partial charge in [-0.15, -0.1) is 0 Å². The molecule has 0 radical (unpaired) electrons. The first-order valence-electron chi connectivity index (χ1n) is 10.2. The quantitative estimate of drug-likeness (QED) is 0.276. The minimum absolute atomic E-state index is 0.0846. The Morgan fingerprint density at radius 2 is 1.47 bits per heavy atom. The second kappa shape index (κ2) is 8.95. The second-order valence-corrected chi connectivity index (χ2v) is 8.87. The minimum Gasteiger partial charge on any atom is -0.279 e. The van der Waals surface area contributed by atoms with E-state index in [0.717, 1.165) is 26.9 Å². The van der Waals surface area contributed by atoms with Gasteiger partial charge in [-0.25, -0.2) is 4.98 Å². The summed E-state index contributed by atoms with van der Waals surface area (Å²) in [5, 5.41) is 1.31. The van der Waals surface area contributed by atoms with Crippen molar-refractivity contribution in [1.82, 2.24) is 4.98 Å². The molecule has 0 aliphatic heterocycles. The Morgan fingerprint density at radius 3 is 2.19 bits per heavy atom. The van der Waals surface area contributed by atoms with Gasteiger partial charge in [0.1, 0.15) is 0 Å². The van der Waals surface area contributed by atoms with Gasteiger partial charge in [-0.05, 0) is 47.0 Å². The van der Waals surface area contributed by atoms with E-state index in [1.165, 1.54) is 11.3 Å². The van der Waals surface area contributed by atoms with Crippen molar-refractivity contribution in [1.29, 1.82) is 0 Å². The zero-order valence-corrected chi connectivity index (χ0v) is 18.7. The SMILES string of the molecule is O=C(c1ccc(-c2ccccc2)cc1)N(Cc1ccccc1)c1nc2ccc(Cl)cc2s1. The number of benzene rings is 4. The molecule has 0 spiro atoms. The largest absolute Gasteiger partial charge is 0.279 e. The molecule has 5 rings (SSSR count). The lowest BCUT2D eigenvalue weighted by Gasteiger charge is -2.20. The molecule has 0 saturated heterocycles. The van der Waals surface area contributed by atoms with Gasteiger partial charge in [0.25, 0.3) is 5.91 Å². The van der Waals surface area contributed by atoms with Gasteiger partial charge in [0.05, 0.1) is 16.8 Å². The summed E-state index contributed by atoms with van der Waals surface area (Å²) in [6.45, 7) is 0.438. The highest BCUT2D eigenvalue weighted by Crippen LogP contribution is 2.32. The van der Waals surface area contributed by atoms with Gasteiger partial charge in [-0.1, -0.05) is 95.7 Å². The van der Waals surface area contributed by atoms with Crippen LogP contribution in [0.15, 0.2) is 103 Å². The molecule has 1 heterocycles. The number of aromatic nitrogens is 1. The van der Waals surface area contributed by atoms with E-state index in [2.05, 4.69) is 12.1 Å². The number of rotatable bonds is 5. The predicted molar refractivity (Wildman–Crippen MR) is 133 cm³/mol. The van der Waals surface area contributed by atoms with Crippen LogP contribution in [0.1, 0.15) is 15.9 Å². The van der Waals surface area contributed by atoms with Crippen LogP contribution in [0.4, 0.5) is 5.13 Å². The summed E-state index contributed by atoms with van der Waals surface area (Å²) in [6.07, 6.45) is 0. The van der Waals surface area contributed by atoms with Crippen LogP contribution in [0.5, 0.6) is 0 Å². The third kappa shape index (κ3) is 4.28. The summed E-state index contributed by atoms with van der Waals surface area (Å²) in [7, 11) is 0. The van der Waals surface area contributed by atoms with Gasteiger partial charge in [0, 0.05) is 10.6 Å². The number of halogens is 1. The van der Waals surface area contributed by atoms with E-state index in [1.54, 1.807) is 4.90 Å². The Labute approximate surface area is 195 Å². The van der Waals surface area contributed by atoms with Gasteiger partial charge in [-0.2, -0.15) is 0 Å². The van der Waals surface area contributed by atoms with Crippen molar-refractivity contribution in [2.24, 2.45) is 0 Å². The van der Waals surface area contributed by atoms with Crippen LogP contribution < -0.4 is 4.90 Å². The van der Waals surface area contributed by atoms with Crippen molar-refractivity contribution in [3.63, 3.8) is 0 Å². The van der Waals surface area contributed by atoms with E-state index < -0.39 is 0 Å². The number of nitrogens with zero attached hydrogens (tertiary/aromatic N) is 2. The average molecular weight is 455 g/mol. The van der Waals surface area contributed by atoms with E-state index >= 15 is 0 Å². The van der Waals surface area contributed by atoms with Crippen LogP contribution in [0.25, 0.3) is 21.3 Å². The van der Waals surface area contributed by atoms with E-state index in [-0.39, 0.29) is 5.91 Å². The standard InChI is InChI=1S/C27H19ClN2OS/c28-23-15-16-24-25(17-23)32-27(29-24)30(18-19-7-3-1-4-8-19)26(31)22-13-11-21(12-14-22)20-9-5-2-6-10-20/h1-17H,18H2. The fourth-order valence-corrected chi connectivity index (χ4v) is 4.83. The van der Waals surface area contributed by atoms with E-state index in [4.69, 9.17) is 16.6 Å². The molecular formula is C27H19ClN2OS. The Balaban J connectivity index is 1.51. The molecule has 3 nitrogen and oxygen atoms in total. The molecule has 5 heteroatoms. The summed E-state index contributed by atoms with van der Waals surface area (Å²) in [5.41, 5.74) is 4.69. The maximum Gasteiger partial charge on any atom is 0.260 e. The Morgan fingerprint density at radius 1 is 0.812 bits per heavy atom. The van der Waals surface area contributed by atoms with Crippen molar-refractivity contribution in [2.45, 2.75) is 6.54 Å². The molecule has 0 aliphatic carbocycles. The molecule has 1 aromatic heterocycles.